The lowest BCUT2D eigenvalue weighted by Crippen LogP contribution is -2.16. The van der Waals surface area contributed by atoms with E-state index < -0.39 is 0 Å². The third-order valence-corrected chi connectivity index (χ3v) is 3.34. The summed E-state index contributed by atoms with van der Waals surface area (Å²) in [4.78, 5) is 11.8. The largest absolute Gasteiger partial charge is 0.385 e. The van der Waals surface area contributed by atoms with Gasteiger partial charge < -0.3 is 10.6 Å². The highest BCUT2D eigenvalue weighted by Crippen LogP contribution is 2.11. The molecule has 0 spiro atoms. The van der Waals surface area contributed by atoms with E-state index in [9.17, 15) is 4.79 Å². The fourth-order valence-corrected chi connectivity index (χ4v) is 2.03. The fourth-order valence-electron chi connectivity index (χ4n) is 2.03. The summed E-state index contributed by atoms with van der Waals surface area (Å²) in [7, 11) is 0. The number of carbonyl (C=O) groups is 1. The highest BCUT2D eigenvalue weighted by molar-refractivity contribution is 5.91. The summed E-state index contributed by atoms with van der Waals surface area (Å²) in [5.74, 6) is -0.0533. The molecule has 0 saturated heterocycles. The fraction of sp³-hybridized carbons (Fsp3) is 0.222. The Labute approximate surface area is 130 Å². The number of amides is 1. The van der Waals surface area contributed by atoms with E-state index in [0.717, 1.165) is 12.1 Å². The Hall–Kier alpha value is -2.80. The Kier molecular flexibility index (Phi) is 5.56. The number of hydrogen-bond acceptors (Lipinski definition) is 3. The molecular formula is C18H19N3O. The third-order valence-electron chi connectivity index (χ3n) is 3.34. The lowest BCUT2D eigenvalue weighted by atomic mass is 10.1. The van der Waals surface area contributed by atoms with Crippen molar-refractivity contribution in [3.8, 4) is 6.07 Å². The summed E-state index contributed by atoms with van der Waals surface area (Å²) >= 11 is 0. The number of aryl methyl sites for hydroxylation is 1. The Morgan fingerprint density at radius 1 is 1.05 bits per heavy atom. The average molecular weight is 293 g/mol. The lowest BCUT2D eigenvalue weighted by molar-refractivity contribution is -0.115. The van der Waals surface area contributed by atoms with Gasteiger partial charge in [0.25, 0.3) is 0 Å². The van der Waals surface area contributed by atoms with E-state index in [4.69, 9.17) is 5.26 Å². The number of nitrogens with one attached hydrogen (secondary N) is 2. The maximum atomic E-state index is 11.8. The first-order valence-corrected chi connectivity index (χ1v) is 7.34. The number of nitriles is 1. The van der Waals surface area contributed by atoms with E-state index in [-0.39, 0.29) is 5.91 Å². The standard InChI is InChI=1S/C18H19N3O/c1-2-14-3-7-16(8-4-14)20-12-11-18(22)21-17-9-5-15(13-19)6-10-17/h3-10,20H,2,11-12H2,1H3,(H,21,22). The summed E-state index contributed by atoms with van der Waals surface area (Å²) in [6.07, 6.45) is 1.41. The molecule has 0 aliphatic carbocycles. The molecule has 0 aromatic heterocycles. The molecule has 0 aliphatic heterocycles. The van der Waals surface area contributed by atoms with Crippen molar-refractivity contribution < 1.29 is 4.79 Å². The van der Waals surface area contributed by atoms with Crippen LogP contribution in [0, 0.1) is 11.3 Å². The van der Waals surface area contributed by atoms with Crippen molar-refractivity contribution in [3.63, 3.8) is 0 Å². The molecular weight excluding hydrogens is 274 g/mol. The van der Waals surface area contributed by atoms with Crippen molar-refractivity contribution in [3.05, 3.63) is 59.7 Å². The van der Waals surface area contributed by atoms with Crippen LogP contribution < -0.4 is 10.6 Å². The minimum Gasteiger partial charge on any atom is -0.385 e. The Morgan fingerprint density at radius 3 is 2.27 bits per heavy atom. The third kappa shape index (κ3) is 4.64. The molecule has 2 aromatic rings. The highest BCUT2D eigenvalue weighted by Gasteiger charge is 2.02. The van der Waals surface area contributed by atoms with Gasteiger partial charge >= 0.3 is 0 Å². The summed E-state index contributed by atoms with van der Waals surface area (Å²) in [5.41, 5.74) is 3.60. The van der Waals surface area contributed by atoms with E-state index in [1.165, 1.54) is 5.56 Å². The van der Waals surface area contributed by atoms with E-state index in [1.54, 1.807) is 24.3 Å². The molecule has 0 heterocycles. The summed E-state index contributed by atoms with van der Waals surface area (Å²) in [6, 6.07) is 17.1. The number of benzene rings is 2. The zero-order valence-corrected chi connectivity index (χ0v) is 12.6. The molecule has 112 valence electrons. The molecule has 0 bridgehead atoms. The second kappa shape index (κ2) is 7.84. The molecule has 0 radical (unpaired) electrons. The van der Waals surface area contributed by atoms with Crippen molar-refractivity contribution in [2.75, 3.05) is 17.2 Å². The van der Waals surface area contributed by atoms with Crippen LogP contribution >= 0.6 is 0 Å². The maximum Gasteiger partial charge on any atom is 0.226 e. The van der Waals surface area contributed by atoms with Gasteiger partial charge in [0.1, 0.15) is 0 Å². The van der Waals surface area contributed by atoms with Crippen LogP contribution in [0.4, 0.5) is 11.4 Å². The van der Waals surface area contributed by atoms with Gasteiger partial charge in [0.15, 0.2) is 0 Å². The SMILES string of the molecule is CCc1ccc(NCCC(=O)Nc2ccc(C#N)cc2)cc1. The molecule has 22 heavy (non-hydrogen) atoms. The molecule has 4 heteroatoms. The average Bonchev–Trinajstić information content (AvgIpc) is 2.56. The molecule has 0 atom stereocenters. The number of nitrogens with zero attached hydrogens (tertiary/aromatic N) is 1. The predicted molar refractivity (Wildman–Crippen MR) is 88.7 cm³/mol. The zero-order valence-electron chi connectivity index (χ0n) is 12.6. The highest BCUT2D eigenvalue weighted by atomic mass is 16.1. The number of anilines is 2. The van der Waals surface area contributed by atoms with Crippen molar-refractivity contribution in [2.45, 2.75) is 19.8 Å². The molecule has 0 unspecified atom stereocenters. The van der Waals surface area contributed by atoms with Crippen LogP contribution in [0.15, 0.2) is 48.5 Å². The van der Waals surface area contributed by atoms with Gasteiger partial charge in [0.05, 0.1) is 11.6 Å². The smallest absolute Gasteiger partial charge is 0.226 e. The van der Waals surface area contributed by atoms with E-state index in [0.29, 0.717) is 24.2 Å². The molecule has 2 rings (SSSR count). The van der Waals surface area contributed by atoms with Gasteiger partial charge in [0.2, 0.25) is 5.91 Å². The maximum absolute atomic E-state index is 11.8. The Morgan fingerprint density at radius 2 is 1.68 bits per heavy atom. The first kappa shape index (κ1) is 15.6. The number of rotatable bonds is 6. The summed E-state index contributed by atoms with van der Waals surface area (Å²) < 4.78 is 0. The Bertz CT molecular complexity index is 654. The number of hydrogen-bond donors (Lipinski definition) is 2. The van der Waals surface area contributed by atoms with Crippen molar-refractivity contribution in [1.82, 2.24) is 0 Å². The monoisotopic (exact) mass is 293 g/mol. The van der Waals surface area contributed by atoms with E-state index in [1.807, 2.05) is 18.2 Å². The topological polar surface area (TPSA) is 64.9 Å². The molecule has 2 N–H and O–H groups in total. The van der Waals surface area contributed by atoms with Gasteiger partial charge in [-0.1, -0.05) is 19.1 Å². The van der Waals surface area contributed by atoms with Gasteiger partial charge in [-0.15, -0.1) is 0 Å². The van der Waals surface area contributed by atoms with Crippen LogP contribution in [-0.2, 0) is 11.2 Å². The predicted octanol–water partition coefficient (Wildman–Crippen LogP) is 3.56. The van der Waals surface area contributed by atoms with Gasteiger partial charge in [-0.25, -0.2) is 0 Å². The van der Waals surface area contributed by atoms with Crippen LogP contribution in [0.25, 0.3) is 0 Å². The van der Waals surface area contributed by atoms with Gasteiger partial charge in [-0.2, -0.15) is 5.26 Å². The van der Waals surface area contributed by atoms with Gasteiger partial charge in [-0.3, -0.25) is 4.79 Å². The van der Waals surface area contributed by atoms with Gasteiger partial charge in [-0.05, 0) is 48.4 Å². The first-order valence-electron chi connectivity index (χ1n) is 7.34. The molecule has 0 saturated carbocycles. The van der Waals surface area contributed by atoms with Gasteiger partial charge in [0, 0.05) is 24.3 Å². The minimum atomic E-state index is -0.0533. The van der Waals surface area contributed by atoms with E-state index in [2.05, 4.69) is 29.7 Å². The van der Waals surface area contributed by atoms with Crippen molar-refractivity contribution in [2.24, 2.45) is 0 Å². The molecule has 4 nitrogen and oxygen atoms in total. The van der Waals surface area contributed by atoms with Crippen molar-refractivity contribution in [1.29, 1.82) is 5.26 Å². The van der Waals surface area contributed by atoms with Crippen LogP contribution in [0.5, 0.6) is 0 Å². The first-order chi connectivity index (χ1) is 10.7. The van der Waals surface area contributed by atoms with Crippen LogP contribution in [0.1, 0.15) is 24.5 Å². The van der Waals surface area contributed by atoms with Crippen LogP contribution in [0.3, 0.4) is 0 Å². The molecule has 0 aliphatic rings. The second-order valence-corrected chi connectivity index (χ2v) is 4.96. The molecule has 0 fully saturated rings. The second-order valence-electron chi connectivity index (χ2n) is 4.96. The number of carbonyl (C=O) groups excluding carboxylic acids is 1. The van der Waals surface area contributed by atoms with Crippen LogP contribution in [0.2, 0.25) is 0 Å². The molecule has 1 amide bonds. The van der Waals surface area contributed by atoms with Crippen molar-refractivity contribution >= 4 is 17.3 Å². The normalized spacial score (nSPS) is 9.82. The lowest BCUT2D eigenvalue weighted by Gasteiger charge is -2.08. The quantitative estimate of drug-likeness (QED) is 0.856. The minimum absolute atomic E-state index is 0.0533. The van der Waals surface area contributed by atoms with Crippen LogP contribution in [-0.4, -0.2) is 12.5 Å². The molecule has 2 aromatic carbocycles. The zero-order chi connectivity index (χ0) is 15.8. The summed E-state index contributed by atoms with van der Waals surface area (Å²) in [5, 5.41) is 14.8. The Balaban J connectivity index is 1.76. The summed E-state index contributed by atoms with van der Waals surface area (Å²) in [6.45, 7) is 2.70. The van der Waals surface area contributed by atoms with E-state index >= 15 is 0 Å².